The second-order valence-corrected chi connectivity index (χ2v) is 7.99. The molecule has 1 unspecified atom stereocenters. The number of aromatic nitrogens is 2. The zero-order valence-electron chi connectivity index (χ0n) is 11.7. The summed E-state index contributed by atoms with van der Waals surface area (Å²) < 4.78 is 27.4. The van der Waals surface area contributed by atoms with Crippen molar-refractivity contribution in [1.82, 2.24) is 20.2 Å². The number of thiophene rings is 1. The molecule has 0 aliphatic heterocycles. The highest BCUT2D eigenvalue weighted by molar-refractivity contribution is 7.89. The minimum atomic E-state index is -3.50. The van der Waals surface area contributed by atoms with E-state index in [1.165, 1.54) is 24.2 Å². The first-order valence-electron chi connectivity index (χ1n) is 6.86. The quantitative estimate of drug-likeness (QED) is 0.723. The smallest absolute Gasteiger partial charge is 0.241 e. The minimum absolute atomic E-state index is 0.318. The van der Waals surface area contributed by atoms with Crippen molar-refractivity contribution in [2.75, 3.05) is 0 Å². The molecule has 1 atom stereocenters. The number of H-pyrrole nitrogens is 1. The molecule has 0 amide bonds. The fourth-order valence-corrected chi connectivity index (χ4v) is 4.45. The molecule has 21 heavy (non-hydrogen) atoms. The Hall–Kier alpha value is -1.22. The van der Waals surface area contributed by atoms with Gasteiger partial charge >= 0.3 is 0 Å². The minimum Gasteiger partial charge on any atom is -0.309 e. The van der Waals surface area contributed by atoms with Crippen LogP contribution in [0.4, 0.5) is 0 Å². The first kappa shape index (κ1) is 14.7. The van der Waals surface area contributed by atoms with E-state index >= 15 is 0 Å². The van der Waals surface area contributed by atoms with Crippen LogP contribution in [0, 0.1) is 0 Å². The van der Waals surface area contributed by atoms with Crippen LogP contribution in [0.3, 0.4) is 0 Å². The van der Waals surface area contributed by atoms with Crippen molar-refractivity contribution in [3.05, 3.63) is 34.3 Å². The predicted octanol–water partition coefficient (Wildman–Crippen LogP) is 1.76. The molecule has 8 heteroatoms. The zero-order valence-corrected chi connectivity index (χ0v) is 13.3. The van der Waals surface area contributed by atoms with Gasteiger partial charge in [-0.1, -0.05) is 0 Å². The number of aromatic amines is 1. The third-order valence-corrected chi connectivity index (χ3v) is 6.04. The molecular formula is C13H18N4O2S2. The van der Waals surface area contributed by atoms with Gasteiger partial charge in [0, 0.05) is 40.6 Å². The lowest BCUT2D eigenvalue weighted by molar-refractivity contribution is 0.567. The highest BCUT2D eigenvalue weighted by Gasteiger charge is 2.22. The molecule has 6 nitrogen and oxygen atoms in total. The van der Waals surface area contributed by atoms with E-state index in [4.69, 9.17) is 0 Å². The highest BCUT2D eigenvalue weighted by Crippen LogP contribution is 2.24. The van der Waals surface area contributed by atoms with Gasteiger partial charge in [0.25, 0.3) is 0 Å². The average molecular weight is 326 g/mol. The summed E-state index contributed by atoms with van der Waals surface area (Å²) >= 11 is 1.47. The normalized spacial score (nSPS) is 17.0. The van der Waals surface area contributed by atoms with Crippen LogP contribution in [0.15, 0.2) is 28.7 Å². The van der Waals surface area contributed by atoms with Crippen molar-refractivity contribution < 1.29 is 8.42 Å². The van der Waals surface area contributed by atoms with Crippen LogP contribution in [-0.4, -0.2) is 24.7 Å². The first-order chi connectivity index (χ1) is 10.0. The van der Waals surface area contributed by atoms with Gasteiger partial charge in [0.1, 0.15) is 0 Å². The summed E-state index contributed by atoms with van der Waals surface area (Å²) in [5.41, 5.74) is 0.810. The molecule has 3 N–H and O–H groups in total. The fourth-order valence-electron chi connectivity index (χ4n) is 1.99. The van der Waals surface area contributed by atoms with Gasteiger partial charge in [0.05, 0.1) is 11.1 Å². The average Bonchev–Trinajstić information content (AvgIpc) is 2.96. The molecule has 0 saturated heterocycles. The molecule has 114 valence electrons. The molecule has 2 aromatic heterocycles. The Kier molecular flexibility index (Phi) is 4.12. The summed E-state index contributed by atoms with van der Waals surface area (Å²) in [4.78, 5) is 1.37. The predicted molar refractivity (Wildman–Crippen MR) is 81.5 cm³/mol. The molecule has 1 aliphatic carbocycles. The molecule has 1 fully saturated rings. The Morgan fingerprint density at radius 2 is 2.33 bits per heavy atom. The molecule has 2 heterocycles. The van der Waals surface area contributed by atoms with Gasteiger partial charge in [-0.15, -0.1) is 11.3 Å². The van der Waals surface area contributed by atoms with E-state index in [9.17, 15) is 8.42 Å². The lowest BCUT2D eigenvalue weighted by Crippen LogP contribution is -2.26. The standard InChI is InChI=1S/C13H18N4O2S2/c1-9(10-5-15-16-6-10)17-21(18,19)13-4-12(20-8-13)7-14-11-2-3-11/h4-6,8-9,11,14,17H,2-3,7H2,1H3,(H,15,16). The molecule has 0 radical (unpaired) electrons. The Morgan fingerprint density at radius 3 is 3.00 bits per heavy atom. The van der Waals surface area contributed by atoms with Crippen molar-refractivity contribution in [1.29, 1.82) is 0 Å². The van der Waals surface area contributed by atoms with Crippen LogP contribution in [0.2, 0.25) is 0 Å². The molecule has 0 spiro atoms. The zero-order chi connectivity index (χ0) is 14.9. The van der Waals surface area contributed by atoms with Gasteiger partial charge in [-0.3, -0.25) is 5.10 Å². The molecule has 0 bridgehead atoms. The Labute approximate surface area is 128 Å². The number of hydrogen-bond donors (Lipinski definition) is 3. The first-order valence-corrected chi connectivity index (χ1v) is 9.23. The topological polar surface area (TPSA) is 86.9 Å². The third kappa shape index (κ3) is 3.70. The van der Waals surface area contributed by atoms with Crippen molar-refractivity contribution in [3.63, 3.8) is 0 Å². The van der Waals surface area contributed by atoms with Crippen molar-refractivity contribution >= 4 is 21.4 Å². The number of nitrogens with zero attached hydrogens (tertiary/aromatic N) is 1. The van der Waals surface area contributed by atoms with Crippen molar-refractivity contribution in [2.24, 2.45) is 0 Å². The molecule has 1 aliphatic rings. The van der Waals surface area contributed by atoms with E-state index in [1.807, 2.05) is 0 Å². The SMILES string of the molecule is CC(NS(=O)(=O)c1csc(CNC2CC2)c1)c1cn[nH]c1. The van der Waals surface area contributed by atoms with Crippen LogP contribution in [0.25, 0.3) is 0 Å². The molecule has 3 rings (SSSR count). The van der Waals surface area contributed by atoms with Crippen LogP contribution in [0.1, 0.15) is 36.2 Å². The summed E-state index contributed by atoms with van der Waals surface area (Å²) in [6.07, 6.45) is 5.75. The van der Waals surface area contributed by atoms with Crippen LogP contribution >= 0.6 is 11.3 Å². The fraction of sp³-hybridized carbons (Fsp3) is 0.462. The largest absolute Gasteiger partial charge is 0.309 e. The van der Waals surface area contributed by atoms with Crippen LogP contribution in [-0.2, 0) is 16.6 Å². The second-order valence-electron chi connectivity index (χ2n) is 5.28. The van der Waals surface area contributed by atoms with Gasteiger partial charge in [-0.25, -0.2) is 13.1 Å². The number of sulfonamides is 1. The van der Waals surface area contributed by atoms with E-state index in [0.29, 0.717) is 10.9 Å². The van der Waals surface area contributed by atoms with Gasteiger partial charge < -0.3 is 5.32 Å². The Balaban J connectivity index is 1.66. The summed E-state index contributed by atoms with van der Waals surface area (Å²) in [6, 6.07) is 2.04. The van der Waals surface area contributed by atoms with E-state index in [0.717, 1.165) is 17.0 Å². The number of rotatable bonds is 7. The van der Waals surface area contributed by atoms with Gasteiger partial charge in [0.15, 0.2) is 0 Å². The van der Waals surface area contributed by atoms with Gasteiger partial charge in [-0.2, -0.15) is 5.10 Å². The molecule has 1 saturated carbocycles. The molecular weight excluding hydrogens is 308 g/mol. The maximum atomic E-state index is 12.3. The summed E-state index contributed by atoms with van der Waals surface area (Å²) in [6.45, 7) is 2.53. The van der Waals surface area contributed by atoms with Crippen LogP contribution < -0.4 is 10.0 Å². The number of hydrogen-bond acceptors (Lipinski definition) is 5. The molecule has 0 aromatic carbocycles. The van der Waals surface area contributed by atoms with E-state index in [-0.39, 0.29) is 6.04 Å². The lowest BCUT2D eigenvalue weighted by Gasteiger charge is -2.11. The monoisotopic (exact) mass is 326 g/mol. The summed E-state index contributed by atoms with van der Waals surface area (Å²) in [7, 11) is -3.50. The van der Waals surface area contributed by atoms with E-state index in [2.05, 4.69) is 20.2 Å². The van der Waals surface area contributed by atoms with Gasteiger partial charge in [0.2, 0.25) is 10.0 Å². The number of nitrogens with one attached hydrogen (secondary N) is 3. The lowest BCUT2D eigenvalue weighted by atomic mass is 10.2. The highest BCUT2D eigenvalue weighted by atomic mass is 32.2. The van der Waals surface area contributed by atoms with Crippen molar-refractivity contribution in [3.8, 4) is 0 Å². The van der Waals surface area contributed by atoms with Crippen LogP contribution in [0.5, 0.6) is 0 Å². The van der Waals surface area contributed by atoms with Crippen molar-refractivity contribution in [2.45, 2.75) is 43.3 Å². The van der Waals surface area contributed by atoms with E-state index < -0.39 is 10.0 Å². The third-order valence-electron chi connectivity index (χ3n) is 3.43. The molecule has 2 aromatic rings. The summed E-state index contributed by atoms with van der Waals surface area (Å²) in [5, 5.41) is 11.6. The maximum Gasteiger partial charge on any atom is 0.241 e. The van der Waals surface area contributed by atoms with E-state index in [1.54, 1.807) is 30.8 Å². The Morgan fingerprint density at radius 1 is 1.52 bits per heavy atom. The van der Waals surface area contributed by atoms with Gasteiger partial charge in [-0.05, 0) is 25.8 Å². The Bertz CT molecular complexity index is 690. The summed E-state index contributed by atoms with van der Waals surface area (Å²) in [5.74, 6) is 0. The second kappa shape index (κ2) is 5.88. The maximum absolute atomic E-state index is 12.3.